The third-order valence-electron chi connectivity index (χ3n) is 0.857. The molecule has 0 spiro atoms. The van der Waals surface area contributed by atoms with E-state index < -0.39 is 26.4 Å². The highest BCUT2D eigenvalue weighted by atomic mass is 31.2. The Hall–Kier alpha value is -0.490. The first-order valence-corrected chi connectivity index (χ1v) is 5.97. The highest BCUT2D eigenvalue weighted by Gasteiger charge is 2.29. The molecule has 0 saturated carbocycles. The molecule has 0 heterocycles. The van der Waals surface area contributed by atoms with E-state index in [4.69, 9.17) is 19.6 Å². The van der Waals surface area contributed by atoms with Gasteiger partial charge in [-0.2, -0.15) is 0 Å². The molecule has 8 nitrogen and oxygen atoms in total. The lowest BCUT2D eigenvalue weighted by Crippen LogP contribution is -2.14. The van der Waals surface area contributed by atoms with Gasteiger partial charge in [-0.1, -0.05) is 0 Å². The Morgan fingerprint density at radius 2 is 1.54 bits per heavy atom. The lowest BCUT2D eigenvalue weighted by Gasteiger charge is -2.05. The summed E-state index contributed by atoms with van der Waals surface area (Å²) in [4.78, 5) is 43.7. The lowest BCUT2D eigenvalue weighted by molar-refractivity contribution is -0.114. The second-order valence-corrected chi connectivity index (χ2v) is 5.02. The van der Waals surface area contributed by atoms with Crippen molar-refractivity contribution in [3.05, 3.63) is 11.1 Å². The van der Waals surface area contributed by atoms with E-state index in [2.05, 4.69) is 5.73 Å². The zero-order valence-corrected chi connectivity index (χ0v) is 7.85. The summed E-state index contributed by atoms with van der Waals surface area (Å²) in [5.74, 6) is -1.72. The van der Waals surface area contributed by atoms with Crippen LogP contribution in [0.4, 0.5) is 0 Å². The quantitative estimate of drug-likeness (QED) is 0.297. The van der Waals surface area contributed by atoms with E-state index in [1.165, 1.54) is 0 Å². The van der Waals surface area contributed by atoms with Crippen molar-refractivity contribution in [2.45, 2.75) is 0 Å². The predicted molar refractivity (Wildman–Crippen MR) is 41.4 cm³/mol. The van der Waals surface area contributed by atoms with Gasteiger partial charge in [-0.3, -0.25) is 13.9 Å². The Morgan fingerprint density at radius 3 is 1.62 bits per heavy atom. The fourth-order valence-electron chi connectivity index (χ4n) is 0.442. The average Bonchev–Trinajstić information content (AvgIpc) is 1.77. The van der Waals surface area contributed by atoms with Gasteiger partial charge >= 0.3 is 15.2 Å². The Kier molecular flexibility index (Phi) is 3.57. The van der Waals surface area contributed by atoms with E-state index in [1.807, 2.05) is 0 Å². The molecule has 0 unspecified atom stereocenters. The zero-order chi connectivity index (χ0) is 10.9. The number of carbonyl (C=O) groups excluding carboxylic acids is 1. The molecule has 0 rings (SSSR count). The van der Waals surface area contributed by atoms with Crippen LogP contribution in [0.1, 0.15) is 0 Å². The van der Waals surface area contributed by atoms with Crippen LogP contribution in [0, 0.1) is 0 Å². The van der Waals surface area contributed by atoms with Crippen LogP contribution in [-0.4, -0.2) is 25.5 Å². The standard InChI is InChI=1S/C3H7NO7P2/c4-3(5)2(13(9,10)11)1-12(6,7)8/h1H,(H2,4,5)(H2,6,7,8)(H2,9,10,11)/b2-1+. The Morgan fingerprint density at radius 1 is 1.15 bits per heavy atom. The summed E-state index contributed by atoms with van der Waals surface area (Å²) in [6.07, 6.45) is 0. The van der Waals surface area contributed by atoms with Crippen LogP contribution in [0.3, 0.4) is 0 Å². The number of carbonyl (C=O) groups is 1. The maximum Gasteiger partial charge on any atom is 0.362 e. The number of hydrogen-bond donors (Lipinski definition) is 5. The van der Waals surface area contributed by atoms with Crippen LogP contribution in [-0.2, 0) is 13.9 Å². The van der Waals surface area contributed by atoms with E-state index in [0.29, 0.717) is 0 Å². The molecule has 13 heavy (non-hydrogen) atoms. The zero-order valence-electron chi connectivity index (χ0n) is 6.06. The second kappa shape index (κ2) is 3.71. The van der Waals surface area contributed by atoms with Crippen molar-refractivity contribution in [1.82, 2.24) is 0 Å². The highest BCUT2D eigenvalue weighted by molar-refractivity contribution is 7.61. The van der Waals surface area contributed by atoms with E-state index in [9.17, 15) is 13.9 Å². The normalized spacial score (nSPS) is 14.3. The molecule has 0 saturated heterocycles. The summed E-state index contributed by atoms with van der Waals surface area (Å²) >= 11 is 0. The van der Waals surface area contributed by atoms with Crippen molar-refractivity contribution in [3.8, 4) is 0 Å². The fourth-order valence-corrected chi connectivity index (χ4v) is 2.23. The largest absolute Gasteiger partial charge is 0.365 e. The van der Waals surface area contributed by atoms with Crippen LogP contribution in [0.5, 0.6) is 0 Å². The monoisotopic (exact) mass is 231 g/mol. The smallest absolute Gasteiger partial charge is 0.362 e. The van der Waals surface area contributed by atoms with Gasteiger partial charge in [0, 0.05) is 5.82 Å². The second-order valence-electron chi connectivity index (χ2n) is 2.01. The Balaban J connectivity index is 5.32. The van der Waals surface area contributed by atoms with Crippen molar-refractivity contribution >= 4 is 21.1 Å². The third kappa shape index (κ3) is 4.94. The number of rotatable bonds is 3. The van der Waals surface area contributed by atoms with E-state index >= 15 is 0 Å². The molecule has 0 aliphatic rings. The number of nitrogens with two attached hydrogens (primary N) is 1. The van der Waals surface area contributed by atoms with Gasteiger partial charge in [0.1, 0.15) is 5.31 Å². The SMILES string of the molecule is NC(=O)/C(=C\P(=O)(O)O)P(=O)(O)O. The average molecular weight is 231 g/mol. The Bertz CT molecular complexity index is 334. The van der Waals surface area contributed by atoms with Gasteiger partial charge in [0.2, 0.25) is 0 Å². The fraction of sp³-hybridized carbons (Fsp3) is 0. The molecule has 0 aromatic rings. The lowest BCUT2D eigenvalue weighted by atomic mass is 10.6. The first kappa shape index (κ1) is 12.5. The van der Waals surface area contributed by atoms with Gasteiger partial charge in [0.05, 0.1) is 0 Å². The molecule has 0 atom stereocenters. The first-order valence-electron chi connectivity index (χ1n) is 2.68. The molecule has 0 bridgehead atoms. The summed E-state index contributed by atoms with van der Waals surface area (Å²) in [7, 11) is -9.86. The molecule has 0 fully saturated rings. The van der Waals surface area contributed by atoms with Crippen molar-refractivity contribution in [2.24, 2.45) is 5.73 Å². The van der Waals surface area contributed by atoms with Crippen LogP contribution in [0.15, 0.2) is 11.1 Å². The topological polar surface area (TPSA) is 158 Å². The molecule has 10 heteroatoms. The predicted octanol–water partition coefficient (Wildman–Crippen LogP) is -1.33. The van der Waals surface area contributed by atoms with Crippen LogP contribution >= 0.6 is 15.2 Å². The number of hydrogen-bond acceptors (Lipinski definition) is 3. The molecule has 0 aromatic heterocycles. The number of primary amides is 1. The van der Waals surface area contributed by atoms with Crippen LogP contribution < -0.4 is 5.73 Å². The molecule has 1 amide bonds. The minimum atomic E-state index is -5.03. The van der Waals surface area contributed by atoms with Gasteiger partial charge in [-0.15, -0.1) is 0 Å². The Labute approximate surface area is 72.4 Å². The molecule has 0 radical (unpaired) electrons. The van der Waals surface area contributed by atoms with Crippen molar-refractivity contribution < 1.29 is 33.5 Å². The van der Waals surface area contributed by atoms with E-state index in [0.717, 1.165) is 0 Å². The molecule has 76 valence electrons. The summed E-state index contributed by atoms with van der Waals surface area (Å²) in [5.41, 5.74) is 4.49. The van der Waals surface area contributed by atoms with Crippen molar-refractivity contribution in [3.63, 3.8) is 0 Å². The maximum absolute atomic E-state index is 10.4. The van der Waals surface area contributed by atoms with Gasteiger partial charge in [-0.05, 0) is 0 Å². The molecule has 0 aliphatic carbocycles. The summed E-state index contributed by atoms with van der Waals surface area (Å²) in [6, 6.07) is 0. The third-order valence-corrected chi connectivity index (χ3v) is 2.63. The van der Waals surface area contributed by atoms with Crippen molar-refractivity contribution in [2.75, 3.05) is 0 Å². The van der Waals surface area contributed by atoms with E-state index in [-0.39, 0.29) is 5.82 Å². The highest BCUT2D eigenvalue weighted by Crippen LogP contribution is 2.50. The first-order chi connectivity index (χ1) is 5.54. The minimum absolute atomic E-state index is 0.143. The number of amides is 1. The van der Waals surface area contributed by atoms with E-state index in [1.54, 1.807) is 0 Å². The summed E-state index contributed by atoms with van der Waals surface area (Å²) in [5, 5.41) is -1.39. The molecule has 0 aromatic carbocycles. The van der Waals surface area contributed by atoms with Gasteiger partial charge in [0.15, 0.2) is 0 Å². The minimum Gasteiger partial charge on any atom is -0.365 e. The molecular weight excluding hydrogens is 224 g/mol. The molecule has 0 aliphatic heterocycles. The van der Waals surface area contributed by atoms with Crippen LogP contribution in [0.25, 0.3) is 0 Å². The van der Waals surface area contributed by atoms with Gasteiger partial charge in [-0.25, -0.2) is 0 Å². The van der Waals surface area contributed by atoms with Gasteiger partial charge in [0.25, 0.3) is 5.91 Å². The molecular formula is C3H7NO7P2. The molecule has 6 N–H and O–H groups in total. The van der Waals surface area contributed by atoms with Crippen molar-refractivity contribution in [1.29, 1.82) is 0 Å². The van der Waals surface area contributed by atoms with Crippen LogP contribution in [0.2, 0.25) is 0 Å². The summed E-state index contributed by atoms with van der Waals surface area (Å²) < 4.78 is 20.7. The maximum atomic E-state index is 10.4. The van der Waals surface area contributed by atoms with Gasteiger partial charge < -0.3 is 25.3 Å². The summed E-state index contributed by atoms with van der Waals surface area (Å²) in [6.45, 7) is 0.